The monoisotopic (exact) mass is 225 g/mol. The lowest BCUT2D eigenvalue weighted by Crippen LogP contribution is -2.45. The number of β-amino-alcohol motifs (C(OH)–C–C–N with tert-alkyl or cyclic N) is 1. The van der Waals surface area contributed by atoms with Crippen molar-refractivity contribution in [3.05, 3.63) is 12.7 Å². The van der Waals surface area contributed by atoms with Crippen LogP contribution in [-0.2, 0) is 11.3 Å². The van der Waals surface area contributed by atoms with Crippen LogP contribution in [0.4, 0.5) is 0 Å². The van der Waals surface area contributed by atoms with E-state index in [1.54, 1.807) is 0 Å². The molecule has 1 aliphatic heterocycles. The highest BCUT2D eigenvalue weighted by Crippen LogP contribution is 2.12. The molecule has 1 unspecified atom stereocenters. The van der Waals surface area contributed by atoms with Gasteiger partial charge >= 0.3 is 0 Å². The first-order valence-electron chi connectivity index (χ1n) is 5.20. The van der Waals surface area contributed by atoms with Gasteiger partial charge in [0.25, 0.3) is 0 Å². The molecule has 1 aromatic heterocycles. The van der Waals surface area contributed by atoms with E-state index in [0.717, 1.165) is 6.54 Å². The second-order valence-corrected chi connectivity index (χ2v) is 4.02. The summed E-state index contributed by atoms with van der Waals surface area (Å²) < 4.78 is 1.44. The third kappa shape index (κ3) is 2.77. The fourth-order valence-electron chi connectivity index (χ4n) is 1.66. The number of hydrogen-bond acceptors (Lipinski definition) is 5. The average molecular weight is 225 g/mol. The standard InChI is InChI=1S/C9H15N5O2/c15-8(3-14-7-11-6-13-14)12-5-9(16)1-2-10-4-9/h6-7,10,16H,1-5H2,(H,12,15). The van der Waals surface area contributed by atoms with Crippen molar-refractivity contribution < 1.29 is 9.90 Å². The topological polar surface area (TPSA) is 92.1 Å². The molecule has 1 atom stereocenters. The first-order chi connectivity index (χ1) is 7.68. The van der Waals surface area contributed by atoms with Crippen LogP contribution in [-0.4, -0.2) is 51.0 Å². The summed E-state index contributed by atoms with van der Waals surface area (Å²) in [6.45, 7) is 1.71. The zero-order chi connectivity index (χ0) is 11.4. The summed E-state index contributed by atoms with van der Waals surface area (Å²) in [5, 5.41) is 19.5. The molecule has 7 heteroatoms. The number of nitrogens with one attached hydrogen (secondary N) is 2. The van der Waals surface area contributed by atoms with E-state index in [4.69, 9.17) is 0 Å². The Balaban J connectivity index is 1.75. The number of amides is 1. The fourth-order valence-corrected chi connectivity index (χ4v) is 1.66. The lowest BCUT2D eigenvalue weighted by atomic mass is 10.0. The molecule has 2 rings (SSSR count). The summed E-state index contributed by atoms with van der Waals surface area (Å²) >= 11 is 0. The number of carbonyl (C=O) groups excluding carboxylic acids is 1. The van der Waals surface area contributed by atoms with E-state index in [0.29, 0.717) is 13.0 Å². The number of carbonyl (C=O) groups is 1. The molecule has 1 aliphatic rings. The van der Waals surface area contributed by atoms with E-state index in [-0.39, 0.29) is 19.0 Å². The van der Waals surface area contributed by atoms with Gasteiger partial charge in [-0.3, -0.25) is 4.79 Å². The van der Waals surface area contributed by atoms with Gasteiger partial charge in [-0.15, -0.1) is 0 Å². The molecular weight excluding hydrogens is 210 g/mol. The van der Waals surface area contributed by atoms with Crippen molar-refractivity contribution in [1.29, 1.82) is 0 Å². The van der Waals surface area contributed by atoms with Crippen LogP contribution < -0.4 is 10.6 Å². The smallest absolute Gasteiger partial charge is 0.241 e. The Morgan fingerprint density at radius 3 is 3.19 bits per heavy atom. The lowest BCUT2D eigenvalue weighted by Gasteiger charge is -2.21. The minimum absolute atomic E-state index is 0.128. The molecule has 1 amide bonds. The molecule has 7 nitrogen and oxygen atoms in total. The molecule has 0 aromatic carbocycles. The maximum absolute atomic E-state index is 11.5. The van der Waals surface area contributed by atoms with Crippen molar-refractivity contribution in [3.63, 3.8) is 0 Å². The third-order valence-electron chi connectivity index (χ3n) is 2.61. The zero-order valence-electron chi connectivity index (χ0n) is 8.89. The van der Waals surface area contributed by atoms with Crippen LogP contribution in [0.1, 0.15) is 6.42 Å². The van der Waals surface area contributed by atoms with Gasteiger partial charge in [0.05, 0.1) is 5.60 Å². The molecule has 88 valence electrons. The van der Waals surface area contributed by atoms with Crippen molar-refractivity contribution in [3.8, 4) is 0 Å². The van der Waals surface area contributed by atoms with Gasteiger partial charge < -0.3 is 15.7 Å². The summed E-state index contributed by atoms with van der Waals surface area (Å²) in [4.78, 5) is 15.2. The highest BCUT2D eigenvalue weighted by molar-refractivity contribution is 5.75. The highest BCUT2D eigenvalue weighted by Gasteiger charge is 2.31. The SMILES string of the molecule is O=C(Cn1cncn1)NCC1(O)CCNC1. The van der Waals surface area contributed by atoms with Crippen LogP contribution in [0.3, 0.4) is 0 Å². The largest absolute Gasteiger partial charge is 0.387 e. The van der Waals surface area contributed by atoms with E-state index in [2.05, 4.69) is 20.7 Å². The van der Waals surface area contributed by atoms with Gasteiger partial charge in [-0.05, 0) is 13.0 Å². The number of nitrogens with zero attached hydrogens (tertiary/aromatic N) is 3. The normalized spacial score (nSPS) is 24.6. The molecule has 1 saturated heterocycles. The Bertz CT molecular complexity index is 345. The van der Waals surface area contributed by atoms with Gasteiger partial charge in [-0.2, -0.15) is 5.10 Å². The molecule has 16 heavy (non-hydrogen) atoms. The van der Waals surface area contributed by atoms with Gasteiger partial charge in [-0.1, -0.05) is 0 Å². The van der Waals surface area contributed by atoms with E-state index in [1.165, 1.54) is 17.3 Å². The minimum atomic E-state index is -0.808. The second-order valence-electron chi connectivity index (χ2n) is 4.02. The number of rotatable bonds is 4. The van der Waals surface area contributed by atoms with Gasteiger partial charge in [0.15, 0.2) is 0 Å². The summed E-state index contributed by atoms with van der Waals surface area (Å²) in [5.41, 5.74) is -0.808. The zero-order valence-corrected chi connectivity index (χ0v) is 8.89. The predicted molar refractivity (Wildman–Crippen MR) is 55.5 cm³/mol. The Kier molecular flexibility index (Phi) is 3.16. The fraction of sp³-hybridized carbons (Fsp3) is 0.667. The Hall–Kier alpha value is -1.47. The van der Waals surface area contributed by atoms with Crippen LogP contribution in [0.5, 0.6) is 0 Å². The van der Waals surface area contributed by atoms with Crippen LogP contribution in [0, 0.1) is 0 Å². The molecule has 2 heterocycles. The molecule has 0 spiro atoms. The van der Waals surface area contributed by atoms with Crippen molar-refractivity contribution in [2.24, 2.45) is 0 Å². The van der Waals surface area contributed by atoms with E-state index < -0.39 is 5.60 Å². The van der Waals surface area contributed by atoms with Crippen LogP contribution >= 0.6 is 0 Å². The first kappa shape index (κ1) is 11.0. The van der Waals surface area contributed by atoms with Crippen molar-refractivity contribution in [2.75, 3.05) is 19.6 Å². The van der Waals surface area contributed by atoms with Crippen molar-refractivity contribution in [2.45, 2.75) is 18.6 Å². The van der Waals surface area contributed by atoms with Crippen LogP contribution in [0.25, 0.3) is 0 Å². The van der Waals surface area contributed by atoms with Crippen LogP contribution in [0.2, 0.25) is 0 Å². The molecule has 0 aliphatic carbocycles. The third-order valence-corrected chi connectivity index (χ3v) is 2.61. The van der Waals surface area contributed by atoms with Gasteiger partial charge in [0.1, 0.15) is 19.2 Å². The van der Waals surface area contributed by atoms with Gasteiger partial charge in [0.2, 0.25) is 5.91 Å². The predicted octanol–water partition coefficient (Wildman–Crippen LogP) is -1.88. The van der Waals surface area contributed by atoms with Crippen molar-refractivity contribution in [1.82, 2.24) is 25.4 Å². The van der Waals surface area contributed by atoms with E-state index >= 15 is 0 Å². The number of aromatic nitrogens is 3. The Labute approximate surface area is 92.9 Å². The number of hydrogen-bond donors (Lipinski definition) is 3. The minimum Gasteiger partial charge on any atom is -0.387 e. The van der Waals surface area contributed by atoms with Gasteiger partial charge in [0, 0.05) is 13.1 Å². The first-order valence-corrected chi connectivity index (χ1v) is 5.20. The molecular formula is C9H15N5O2. The Morgan fingerprint density at radius 1 is 1.69 bits per heavy atom. The van der Waals surface area contributed by atoms with Crippen LogP contribution in [0.15, 0.2) is 12.7 Å². The highest BCUT2D eigenvalue weighted by atomic mass is 16.3. The van der Waals surface area contributed by atoms with Crippen molar-refractivity contribution >= 4 is 5.91 Å². The molecule has 1 fully saturated rings. The summed E-state index contributed by atoms with van der Waals surface area (Å²) in [7, 11) is 0. The summed E-state index contributed by atoms with van der Waals surface area (Å²) in [6.07, 6.45) is 3.52. The molecule has 3 N–H and O–H groups in total. The van der Waals surface area contributed by atoms with Gasteiger partial charge in [-0.25, -0.2) is 9.67 Å². The Morgan fingerprint density at radius 2 is 2.56 bits per heavy atom. The average Bonchev–Trinajstić information content (AvgIpc) is 2.88. The lowest BCUT2D eigenvalue weighted by molar-refractivity contribution is -0.123. The maximum atomic E-state index is 11.5. The quantitative estimate of drug-likeness (QED) is 0.557. The second kappa shape index (κ2) is 4.58. The van der Waals surface area contributed by atoms with E-state index in [1.807, 2.05) is 0 Å². The molecule has 1 aromatic rings. The molecule has 0 bridgehead atoms. The van der Waals surface area contributed by atoms with E-state index in [9.17, 15) is 9.90 Å². The summed E-state index contributed by atoms with van der Waals surface area (Å²) in [6, 6.07) is 0. The molecule has 0 saturated carbocycles. The maximum Gasteiger partial charge on any atom is 0.241 e. The summed E-state index contributed by atoms with van der Waals surface area (Å²) in [5.74, 6) is -0.175. The number of aliphatic hydroxyl groups is 1. The molecule has 0 radical (unpaired) electrons.